The van der Waals surface area contributed by atoms with Crippen molar-refractivity contribution in [3.8, 4) is 0 Å². The molecule has 0 spiro atoms. The van der Waals surface area contributed by atoms with Crippen LogP contribution in [0.2, 0.25) is 0 Å². The number of rotatable bonds is 3. The first-order chi connectivity index (χ1) is 4.70. The van der Waals surface area contributed by atoms with Gasteiger partial charge in [-0.2, -0.15) is 0 Å². The SMILES string of the molecule is NC(=O)CNC1CCC1F. The number of amides is 1. The Morgan fingerprint density at radius 2 is 2.40 bits per heavy atom. The van der Waals surface area contributed by atoms with Crippen LogP contribution in [0.3, 0.4) is 0 Å². The molecule has 1 aliphatic rings. The summed E-state index contributed by atoms with van der Waals surface area (Å²) in [5, 5.41) is 2.72. The summed E-state index contributed by atoms with van der Waals surface area (Å²) in [5.41, 5.74) is 4.84. The van der Waals surface area contributed by atoms with E-state index in [1.165, 1.54) is 0 Å². The number of hydrogen-bond acceptors (Lipinski definition) is 2. The van der Waals surface area contributed by atoms with E-state index in [2.05, 4.69) is 5.32 Å². The molecule has 3 nitrogen and oxygen atoms in total. The molecule has 0 heterocycles. The number of carbonyl (C=O) groups excluding carboxylic acids is 1. The molecule has 4 heteroatoms. The number of nitrogens with two attached hydrogens (primary N) is 1. The van der Waals surface area contributed by atoms with Crippen molar-refractivity contribution in [2.45, 2.75) is 25.1 Å². The number of carbonyl (C=O) groups is 1. The maximum Gasteiger partial charge on any atom is 0.231 e. The van der Waals surface area contributed by atoms with Gasteiger partial charge in [0.05, 0.1) is 6.54 Å². The zero-order chi connectivity index (χ0) is 7.56. The Balaban J connectivity index is 2.08. The maximum absolute atomic E-state index is 12.4. The zero-order valence-corrected chi connectivity index (χ0v) is 5.64. The first-order valence-corrected chi connectivity index (χ1v) is 3.36. The van der Waals surface area contributed by atoms with Crippen molar-refractivity contribution in [1.29, 1.82) is 0 Å². The van der Waals surface area contributed by atoms with E-state index in [-0.39, 0.29) is 12.6 Å². The lowest BCUT2D eigenvalue weighted by atomic mass is 9.91. The standard InChI is InChI=1S/C6H11FN2O/c7-4-1-2-5(4)9-3-6(8)10/h4-5,9H,1-3H2,(H2,8,10). The van der Waals surface area contributed by atoms with Crippen molar-refractivity contribution in [3.05, 3.63) is 0 Å². The van der Waals surface area contributed by atoms with Crippen molar-refractivity contribution in [2.24, 2.45) is 5.73 Å². The van der Waals surface area contributed by atoms with Gasteiger partial charge < -0.3 is 11.1 Å². The zero-order valence-electron chi connectivity index (χ0n) is 5.64. The molecule has 0 bridgehead atoms. The molecule has 0 aliphatic heterocycles. The maximum atomic E-state index is 12.4. The predicted octanol–water partition coefficient (Wildman–Crippen LogP) is -0.438. The smallest absolute Gasteiger partial charge is 0.231 e. The lowest BCUT2D eigenvalue weighted by Gasteiger charge is -2.30. The fourth-order valence-corrected chi connectivity index (χ4v) is 0.921. The number of halogens is 1. The fraction of sp³-hybridized carbons (Fsp3) is 0.833. The van der Waals surface area contributed by atoms with Gasteiger partial charge >= 0.3 is 0 Å². The van der Waals surface area contributed by atoms with E-state index >= 15 is 0 Å². The molecule has 0 saturated heterocycles. The molecule has 0 aromatic carbocycles. The molecule has 10 heavy (non-hydrogen) atoms. The molecular formula is C6H11FN2O. The van der Waals surface area contributed by atoms with Gasteiger partial charge in [0, 0.05) is 6.04 Å². The van der Waals surface area contributed by atoms with E-state index in [9.17, 15) is 9.18 Å². The Kier molecular flexibility index (Phi) is 2.21. The van der Waals surface area contributed by atoms with Gasteiger partial charge in [-0.1, -0.05) is 0 Å². The first kappa shape index (κ1) is 7.47. The van der Waals surface area contributed by atoms with Crippen LogP contribution in [-0.2, 0) is 4.79 Å². The second-order valence-electron chi connectivity index (χ2n) is 2.55. The van der Waals surface area contributed by atoms with Gasteiger partial charge in [0.1, 0.15) is 6.17 Å². The van der Waals surface area contributed by atoms with Crippen LogP contribution >= 0.6 is 0 Å². The lowest BCUT2D eigenvalue weighted by molar-refractivity contribution is -0.117. The second kappa shape index (κ2) is 2.96. The van der Waals surface area contributed by atoms with E-state index in [4.69, 9.17) is 5.73 Å². The van der Waals surface area contributed by atoms with Crippen LogP contribution in [0.1, 0.15) is 12.8 Å². The molecule has 0 aromatic rings. The highest BCUT2D eigenvalue weighted by molar-refractivity contribution is 5.75. The number of alkyl halides is 1. The monoisotopic (exact) mass is 146 g/mol. The molecule has 1 rings (SSSR count). The van der Waals surface area contributed by atoms with E-state index in [1.807, 2.05) is 0 Å². The van der Waals surface area contributed by atoms with E-state index in [1.54, 1.807) is 0 Å². The van der Waals surface area contributed by atoms with Crippen LogP contribution in [0, 0.1) is 0 Å². The predicted molar refractivity (Wildman–Crippen MR) is 35.1 cm³/mol. The Labute approximate surface area is 58.8 Å². The van der Waals surface area contributed by atoms with Crippen molar-refractivity contribution in [3.63, 3.8) is 0 Å². The summed E-state index contributed by atoms with van der Waals surface area (Å²) in [4.78, 5) is 10.2. The molecule has 0 radical (unpaired) electrons. The Morgan fingerprint density at radius 1 is 1.70 bits per heavy atom. The van der Waals surface area contributed by atoms with Crippen LogP contribution in [-0.4, -0.2) is 24.7 Å². The largest absolute Gasteiger partial charge is 0.369 e. The quantitative estimate of drug-likeness (QED) is 0.567. The Hall–Kier alpha value is -0.640. The molecule has 3 N–H and O–H groups in total. The topological polar surface area (TPSA) is 55.1 Å². The minimum atomic E-state index is -0.778. The second-order valence-corrected chi connectivity index (χ2v) is 2.55. The Morgan fingerprint density at radius 3 is 2.70 bits per heavy atom. The van der Waals surface area contributed by atoms with Crippen molar-refractivity contribution in [2.75, 3.05) is 6.54 Å². The molecule has 1 amide bonds. The summed E-state index contributed by atoms with van der Waals surface area (Å²) in [6, 6.07) is -0.132. The average Bonchev–Trinajstić information content (AvgIpc) is 1.84. The van der Waals surface area contributed by atoms with Gasteiger partial charge in [-0.05, 0) is 12.8 Å². The highest BCUT2D eigenvalue weighted by atomic mass is 19.1. The lowest BCUT2D eigenvalue weighted by Crippen LogP contribution is -2.48. The van der Waals surface area contributed by atoms with Crippen molar-refractivity contribution < 1.29 is 9.18 Å². The summed E-state index contributed by atoms with van der Waals surface area (Å²) >= 11 is 0. The minimum absolute atomic E-state index is 0.0884. The van der Waals surface area contributed by atoms with E-state index < -0.39 is 12.1 Å². The third-order valence-corrected chi connectivity index (χ3v) is 1.73. The third-order valence-electron chi connectivity index (χ3n) is 1.73. The highest BCUT2D eigenvalue weighted by Gasteiger charge is 2.29. The van der Waals surface area contributed by atoms with Crippen LogP contribution in [0.4, 0.5) is 4.39 Å². The van der Waals surface area contributed by atoms with Crippen LogP contribution in [0.5, 0.6) is 0 Å². The molecule has 2 unspecified atom stereocenters. The summed E-state index contributed by atoms with van der Waals surface area (Å²) in [7, 11) is 0. The summed E-state index contributed by atoms with van der Waals surface area (Å²) < 4.78 is 12.4. The molecule has 1 aliphatic carbocycles. The summed E-state index contributed by atoms with van der Waals surface area (Å²) in [6.07, 6.45) is 0.643. The molecular weight excluding hydrogens is 135 g/mol. The summed E-state index contributed by atoms with van der Waals surface area (Å²) in [5.74, 6) is -0.431. The van der Waals surface area contributed by atoms with Crippen molar-refractivity contribution in [1.82, 2.24) is 5.32 Å². The number of nitrogens with one attached hydrogen (secondary N) is 1. The van der Waals surface area contributed by atoms with Crippen LogP contribution < -0.4 is 11.1 Å². The average molecular weight is 146 g/mol. The van der Waals surface area contributed by atoms with Gasteiger partial charge in [-0.3, -0.25) is 4.79 Å². The molecule has 1 fully saturated rings. The van der Waals surface area contributed by atoms with Gasteiger partial charge in [-0.25, -0.2) is 4.39 Å². The van der Waals surface area contributed by atoms with Gasteiger partial charge in [-0.15, -0.1) is 0 Å². The fourth-order valence-electron chi connectivity index (χ4n) is 0.921. The van der Waals surface area contributed by atoms with E-state index in [0.29, 0.717) is 6.42 Å². The normalized spacial score (nSPS) is 31.3. The van der Waals surface area contributed by atoms with Gasteiger partial charge in [0.25, 0.3) is 0 Å². The molecule has 58 valence electrons. The van der Waals surface area contributed by atoms with Gasteiger partial charge in [0.2, 0.25) is 5.91 Å². The van der Waals surface area contributed by atoms with Crippen molar-refractivity contribution >= 4 is 5.91 Å². The molecule has 1 saturated carbocycles. The third kappa shape index (κ3) is 1.67. The summed E-state index contributed by atoms with van der Waals surface area (Å²) in [6.45, 7) is 0.0884. The van der Waals surface area contributed by atoms with Gasteiger partial charge in [0.15, 0.2) is 0 Å². The van der Waals surface area contributed by atoms with Crippen LogP contribution in [0.15, 0.2) is 0 Å². The number of hydrogen-bond donors (Lipinski definition) is 2. The minimum Gasteiger partial charge on any atom is -0.369 e. The Bertz CT molecular complexity index is 140. The number of primary amides is 1. The molecule has 2 atom stereocenters. The first-order valence-electron chi connectivity index (χ1n) is 3.36. The highest BCUT2D eigenvalue weighted by Crippen LogP contribution is 2.22. The van der Waals surface area contributed by atoms with Crippen LogP contribution in [0.25, 0.3) is 0 Å². The molecule has 0 aromatic heterocycles. The van der Waals surface area contributed by atoms with E-state index in [0.717, 1.165) is 6.42 Å².